The molecule has 0 amide bonds. The number of nitriles is 1. The summed E-state index contributed by atoms with van der Waals surface area (Å²) in [5, 5.41) is 21.2. The quantitative estimate of drug-likeness (QED) is 0.472. The average Bonchev–Trinajstić information content (AvgIpc) is 3.44. The minimum absolute atomic E-state index is 0.0450. The zero-order chi connectivity index (χ0) is 21.4. The highest BCUT2D eigenvalue weighted by Gasteiger charge is 2.34. The van der Waals surface area contributed by atoms with Crippen LogP contribution in [0, 0.1) is 17.2 Å². The molecule has 1 fully saturated rings. The number of hydrogen-bond acceptors (Lipinski definition) is 8. The summed E-state index contributed by atoms with van der Waals surface area (Å²) < 4.78 is 30.9. The van der Waals surface area contributed by atoms with Gasteiger partial charge >= 0.3 is 0 Å². The highest BCUT2D eigenvalue weighted by molar-refractivity contribution is 7.91. The van der Waals surface area contributed by atoms with Crippen molar-refractivity contribution in [2.75, 3.05) is 11.1 Å². The van der Waals surface area contributed by atoms with E-state index >= 15 is 0 Å². The molecular formula is C21H18N6O3S. The summed E-state index contributed by atoms with van der Waals surface area (Å²) in [5.41, 5.74) is 2.62. The van der Waals surface area contributed by atoms with Gasteiger partial charge in [0.2, 0.25) is 6.39 Å². The summed E-state index contributed by atoms with van der Waals surface area (Å²) in [6.45, 7) is 0. The maximum atomic E-state index is 12.7. The molecule has 1 saturated carbocycles. The Labute approximate surface area is 178 Å². The van der Waals surface area contributed by atoms with Crippen LogP contribution in [0.5, 0.6) is 0 Å². The Balaban J connectivity index is 1.31. The van der Waals surface area contributed by atoms with Gasteiger partial charge in [-0.2, -0.15) is 5.26 Å². The van der Waals surface area contributed by atoms with Crippen LogP contribution < -0.4 is 5.32 Å². The molecule has 0 saturated heterocycles. The van der Waals surface area contributed by atoms with Crippen LogP contribution in [-0.4, -0.2) is 40.4 Å². The van der Waals surface area contributed by atoms with Gasteiger partial charge in [0.15, 0.2) is 9.84 Å². The van der Waals surface area contributed by atoms with Gasteiger partial charge in [0.05, 0.1) is 33.5 Å². The third kappa shape index (κ3) is 3.64. The Morgan fingerprint density at radius 3 is 2.94 bits per heavy atom. The van der Waals surface area contributed by atoms with E-state index in [0.29, 0.717) is 29.9 Å². The fraction of sp³-hybridized carbons (Fsp3) is 0.238. The predicted molar refractivity (Wildman–Crippen MR) is 113 cm³/mol. The van der Waals surface area contributed by atoms with Crippen molar-refractivity contribution in [3.63, 3.8) is 0 Å². The van der Waals surface area contributed by atoms with E-state index in [1.165, 1.54) is 12.5 Å². The number of sulfone groups is 1. The van der Waals surface area contributed by atoms with Gasteiger partial charge in [-0.05, 0) is 43.0 Å². The van der Waals surface area contributed by atoms with Crippen LogP contribution in [0.3, 0.4) is 0 Å². The second-order valence-corrected chi connectivity index (χ2v) is 9.66. The second-order valence-electron chi connectivity index (χ2n) is 7.63. The van der Waals surface area contributed by atoms with E-state index in [1.54, 1.807) is 24.4 Å². The SMILES string of the molecule is N#Cc1cccc(S(=O)(=O)CC2CC(Nc3c(-c4nnco4)cnc4[nH]ccc34)C2)c1. The van der Waals surface area contributed by atoms with Gasteiger partial charge in [-0.3, -0.25) is 0 Å². The summed E-state index contributed by atoms with van der Waals surface area (Å²) in [5.74, 6) is 0.476. The van der Waals surface area contributed by atoms with Crippen molar-refractivity contribution in [1.29, 1.82) is 5.26 Å². The Kier molecular flexibility index (Phi) is 4.67. The monoisotopic (exact) mass is 434 g/mol. The number of nitrogens with zero attached hydrogens (tertiary/aromatic N) is 4. The maximum absolute atomic E-state index is 12.7. The first-order valence-electron chi connectivity index (χ1n) is 9.75. The second kappa shape index (κ2) is 7.52. The molecule has 156 valence electrons. The predicted octanol–water partition coefficient (Wildman–Crippen LogP) is 3.15. The number of aromatic nitrogens is 4. The van der Waals surface area contributed by atoms with Crippen molar-refractivity contribution in [2.24, 2.45) is 5.92 Å². The van der Waals surface area contributed by atoms with Gasteiger partial charge in [-0.1, -0.05) is 6.07 Å². The van der Waals surface area contributed by atoms with Gasteiger partial charge in [-0.15, -0.1) is 10.2 Å². The van der Waals surface area contributed by atoms with Gasteiger partial charge < -0.3 is 14.7 Å². The minimum atomic E-state index is -3.45. The highest BCUT2D eigenvalue weighted by atomic mass is 32.2. The molecule has 0 radical (unpaired) electrons. The number of fused-ring (bicyclic) bond motifs is 1. The average molecular weight is 434 g/mol. The van der Waals surface area contributed by atoms with Crippen LogP contribution in [0.15, 0.2) is 58.4 Å². The molecule has 4 aromatic rings. The molecular weight excluding hydrogens is 416 g/mol. The standard InChI is InChI=1S/C21H18N6O3S/c22-9-13-2-1-3-16(8-13)31(28,29)11-14-6-15(7-14)26-19-17-4-5-23-20(17)24-10-18(19)21-27-25-12-30-21/h1-5,8,10,12,14-15H,6-7,11H2,(H2,23,24,26). The zero-order valence-electron chi connectivity index (χ0n) is 16.3. The molecule has 3 heterocycles. The maximum Gasteiger partial charge on any atom is 0.251 e. The lowest BCUT2D eigenvalue weighted by atomic mass is 9.81. The molecule has 10 heteroatoms. The molecule has 0 unspecified atom stereocenters. The van der Waals surface area contributed by atoms with Crippen molar-refractivity contribution >= 4 is 26.6 Å². The van der Waals surface area contributed by atoms with Gasteiger partial charge in [-0.25, -0.2) is 13.4 Å². The molecule has 2 N–H and O–H groups in total. The molecule has 9 nitrogen and oxygen atoms in total. The normalized spacial score (nSPS) is 18.4. The van der Waals surface area contributed by atoms with E-state index in [1.807, 2.05) is 18.3 Å². The van der Waals surface area contributed by atoms with Crippen molar-refractivity contribution in [1.82, 2.24) is 20.2 Å². The lowest BCUT2D eigenvalue weighted by Gasteiger charge is -2.36. The summed E-state index contributed by atoms with van der Waals surface area (Å²) >= 11 is 0. The summed E-state index contributed by atoms with van der Waals surface area (Å²) in [4.78, 5) is 7.68. The van der Waals surface area contributed by atoms with Gasteiger partial charge in [0.25, 0.3) is 5.89 Å². The molecule has 1 aliphatic carbocycles. The number of rotatable bonds is 6. The fourth-order valence-corrected chi connectivity index (χ4v) is 5.65. The molecule has 0 bridgehead atoms. The summed E-state index contributed by atoms with van der Waals surface area (Å²) in [6.07, 6.45) is 6.19. The largest absolute Gasteiger partial charge is 0.423 e. The zero-order valence-corrected chi connectivity index (χ0v) is 17.1. The molecule has 0 aliphatic heterocycles. The lowest BCUT2D eigenvalue weighted by molar-refractivity contribution is 0.311. The van der Waals surface area contributed by atoms with Crippen LogP contribution in [0.2, 0.25) is 0 Å². The number of pyridine rings is 1. The van der Waals surface area contributed by atoms with Crippen LogP contribution in [-0.2, 0) is 9.84 Å². The Morgan fingerprint density at radius 2 is 2.16 bits per heavy atom. The van der Waals surface area contributed by atoms with E-state index in [-0.39, 0.29) is 22.6 Å². The Morgan fingerprint density at radius 1 is 1.29 bits per heavy atom. The van der Waals surface area contributed by atoms with E-state index in [4.69, 9.17) is 9.68 Å². The fourth-order valence-electron chi connectivity index (χ4n) is 3.98. The van der Waals surface area contributed by atoms with Crippen molar-refractivity contribution in [3.05, 3.63) is 54.7 Å². The molecule has 0 atom stereocenters. The third-order valence-corrected chi connectivity index (χ3v) is 7.42. The summed E-state index contributed by atoms with van der Waals surface area (Å²) in [7, 11) is -3.45. The number of anilines is 1. The molecule has 0 spiro atoms. The third-order valence-electron chi connectivity index (χ3n) is 5.54. The topological polar surface area (TPSA) is 138 Å². The molecule has 1 aliphatic rings. The smallest absolute Gasteiger partial charge is 0.251 e. The van der Waals surface area contributed by atoms with Crippen molar-refractivity contribution < 1.29 is 12.8 Å². The van der Waals surface area contributed by atoms with E-state index in [9.17, 15) is 8.42 Å². The van der Waals surface area contributed by atoms with E-state index in [2.05, 4.69) is 25.5 Å². The first kappa shape index (κ1) is 19.3. The van der Waals surface area contributed by atoms with Crippen LogP contribution >= 0.6 is 0 Å². The van der Waals surface area contributed by atoms with Crippen LogP contribution in [0.4, 0.5) is 5.69 Å². The van der Waals surface area contributed by atoms with Crippen LogP contribution in [0.25, 0.3) is 22.5 Å². The lowest BCUT2D eigenvalue weighted by Crippen LogP contribution is -2.39. The van der Waals surface area contributed by atoms with Crippen molar-refractivity contribution in [2.45, 2.75) is 23.8 Å². The summed E-state index contributed by atoms with van der Waals surface area (Å²) in [6, 6.07) is 10.2. The van der Waals surface area contributed by atoms with Crippen LogP contribution in [0.1, 0.15) is 18.4 Å². The Bertz CT molecular complexity index is 1380. The van der Waals surface area contributed by atoms with E-state index < -0.39 is 9.84 Å². The number of hydrogen-bond donors (Lipinski definition) is 2. The van der Waals surface area contributed by atoms with Gasteiger partial charge in [0, 0.05) is 23.8 Å². The van der Waals surface area contributed by atoms with Crippen molar-refractivity contribution in [3.8, 4) is 17.5 Å². The molecule has 31 heavy (non-hydrogen) atoms. The Hall–Kier alpha value is -3.71. The number of H-pyrrole nitrogens is 1. The number of nitrogens with one attached hydrogen (secondary N) is 2. The molecule has 1 aromatic carbocycles. The number of aromatic amines is 1. The van der Waals surface area contributed by atoms with Gasteiger partial charge in [0.1, 0.15) is 5.65 Å². The first-order chi connectivity index (χ1) is 15.0. The van der Waals surface area contributed by atoms with E-state index in [0.717, 1.165) is 16.7 Å². The molecule has 3 aromatic heterocycles. The first-order valence-corrected chi connectivity index (χ1v) is 11.4. The number of benzene rings is 1. The minimum Gasteiger partial charge on any atom is -0.423 e. The highest BCUT2D eigenvalue weighted by Crippen LogP contribution is 2.38. The molecule has 5 rings (SSSR count).